The Balaban J connectivity index is 2.48. The van der Waals surface area contributed by atoms with Crippen LogP contribution in [0.15, 0.2) is 24.3 Å². The summed E-state index contributed by atoms with van der Waals surface area (Å²) in [6.07, 6.45) is 3.31. The summed E-state index contributed by atoms with van der Waals surface area (Å²) in [6.45, 7) is 11.3. The largest absolute Gasteiger partial charge is 0.490 e. The summed E-state index contributed by atoms with van der Waals surface area (Å²) >= 11 is 0. The lowest BCUT2D eigenvalue weighted by atomic mass is 9.89. The van der Waals surface area contributed by atoms with Gasteiger partial charge in [-0.1, -0.05) is 26.0 Å². The highest BCUT2D eigenvalue weighted by Crippen LogP contribution is 2.44. The Kier molecular flexibility index (Phi) is 3.88. The molecule has 1 aromatic rings. The first-order valence-electron chi connectivity index (χ1n) is 7.10. The van der Waals surface area contributed by atoms with Crippen LogP contribution in [0.4, 0.5) is 0 Å². The number of fused-ring (bicyclic) bond motifs is 1. The van der Waals surface area contributed by atoms with Crippen LogP contribution in [0.5, 0.6) is 11.5 Å². The van der Waals surface area contributed by atoms with Crippen LogP contribution in [0.25, 0.3) is 5.57 Å². The molecule has 1 aliphatic heterocycles. The number of para-hydroxylation sites is 1. The zero-order valence-electron chi connectivity index (χ0n) is 12.6. The van der Waals surface area contributed by atoms with Crippen molar-refractivity contribution in [3.63, 3.8) is 0 Å². The molecule has 1 aromatic carbocycles. The Labute approximate surface area is 116 Å². The van der Waals surface area contributed by atoms with Crippen LogP contribution in [0.1, 0.15) is 46.6 Å². The zero-order valence-corrected chi connectivity index (χ0v) is 12.6. The summed E-state index contributed by atoms with van der Waals surface area (Å²) in [6, 6.07) is 6.15. The summed E-state index contributed by atoms with van der Waals surface area (Å²) in [5.41, 5.74) is 2.27. The maximum atomic E-state index is 6.11. The minimum atomic E-state index is -0.273. The third kappa shape index (κ3) is 3.12. The van der Waals surface area contributed by atoms with Gasteiger partial charge in [-0.15, -0.1) is 0 Å². The number of hydrogen-bond acceptors (Lipinski definition) is 2. The van der Waals surface area contributed by atoms with E-state index in [-0.39, 0.29) is 5.60 Å². The van der Waals surface area contributed by atoms with Crippen molar-refractivity contribution in [1.82, 2.24) is 0 Å². The predicted octanol–water partition coefficient (Wildman–Crippen LogP) is 4.69. The molecule has 2 nitrogen and oxygen atoms in total. The highest BCUT2D eigenvalue weighted by Gasteiger charge is 2.28. The summed E-state index contributed by atoms with van der Waals surface area (Å²) < 4.78 is 11.8. The van der Waals surface area contributed by atoms with Crippen molar-refractivity contribution in [2.45, 2.75) is 46.6 Å². The van der Waals surface area contributed by atoms with Crippen molar-refractivity contribution in [1.29, 1.82) is 0 Å². The van der Waals surface area contributed by atoms with Crippen LogP contribution in [0, 0.1) is 5.92 Å². The van der Waals surface area contributed by atoms with Crippen LogP contribution >= 0.6 is 0 Å². The van der Waals surface area contributed by atoms with Crippen molar-refractivity contribution < 1.29 is 9.47 Å². The SMILES string of the molecule is CCOc1cccc2c1OC(C)(C)C=C2CC(C)C. The first-order valence-corrected chi connectivity index (χ1v) is 7.10. The predicted molar refractivity (Wildman–Crippen MR) is 79.8 cm³/mol. The minimum absolute atomic E-state index is 0.273. The Bertz CT molecular complexity index is 484. The summed E-state index contributed by atoms with van der Waals surface area (Å²) in [4.78, 5) is 0. The highest BCUT2D eigenvalue weighted by molar-refractivity contribution is 5.76. The number of benzene rings is 1. The van der Waals surface area contributed by atoms with E-state index in [1.165, 1.54) is 11.1 Å². The normalized spacial score (nSPS) is 16.6. The van der Waals surface area contributed by atoms with Gasteiger partial charge in [-0.25, -0.2) is 0 Å². The molecule has 0 aromatic heterocycles. The third-order valence-electron chi connectivity index (χ3n) is 3.14. The standard InChI is InChI=1S/C17H24O2/c1-6-18-15-9-7-8-14-13(10-12(2)3)11-17(4,5)19-16(14)15/h7-9,11-12H,6,10H2,1-5H3. The topological polar surface area (TPSA) is 18.5 Å². The van der Waals surface area contributed by atoms with E-state index in [0.29, 0.717) is 12.5 Å². The Morgan fingerprint density at radius 1 is 1.26 bits per heavy atom. The molecule has 19 heavy (non-hydrogen) atoms. The van der Waals surface area contributed by atoms with Gasteiger partial charge >= 0.3 is 0 Å². The van der Waals surface area contributed by atoms with Gasteiger partial charge in [0.25, 0.3) is 0 Å². The molecule has 0 amide bonds. The lowest BCUT2D eigenvalue weighted by Gasteiger charge is -2.32. The fourth-order valence-corrected chi connectivity index (χ4v) is 2.54. The molecule has 0 aliphatic carbocycles. The minimum Gasteiger partial charge on any atom is -0.490 e. The number of ether oxygens (including phenoxy) is 2. The zero-order chi connectivity index (χ0) is 14.0. The maximum absolute atomic E-state index is 6.11. The van der Waals surface area contributed by atoms with Crippen LogP contribution < -0.4 is 9.47 Å². The lowest BCUT2D eigenvalue weighted by Crippen LogP contribution is -2.29. The third-order valence-corrected chi connectivity index (χ3v) is 3.14. The van der Waals surface area contributed by atoms with Crippen LogP contribution in [-0.2, 0) is 0 Å². The summed E-state index contributed by atoms with van der Waals surface area (Å²) in [7, 11) is 0. The fourth-order valence-electron chi connectivity index (χ4n) is 2.54. The summed E-state index contributed by atoms with van der Waals surface area (Å²) in [5, 5.41) is 0. The van der Waals surface area contributed by atoms with Crippen molar-refractivity contribution in [2.75, 3.05) is 6.61 Å². The van der Waals surface area contributed by atoms with Gasteiger partial charge in [0, 0.05) is 5.56 Å². The number of rotatable bonds is 4. The first kappa shape index (κ1) is 14.0. The van der Waals surface area contributed by atoms with Crippen molar-refractivity contribution in [3.8, 4) is 11.5 Å². The molecule has 1 heterocycles. The molecule has 0 N–H and O–H groups in total. The lowest BCUT2D eigenvalue weighted by molar-refractivity contribution is 0.148. The van der Waals surface area contributed by atoms with E-state index in [9.17, 15) is 0 Å². The second-order valence-corrected chi connectivity index (χ2v) is 6.04. The van der Waals surface area contributed by atoms with E-state index in [1.807, 2.05) is 19.1 Å². The molecule has 2 rings (SSSR count). The molecular formula is C17H24O2. The van der Waals surface area contributed by atoms with Gasteiger partial charge < -0.3 is 9.47 Å². The van der Waals surface area contributed by atoms with Gasteiger partial charge in [-0.3, -0.25) is 0 Å². The van der Waals surface area contributed by atoms with E-state index in [4.69, 9.17) is 9.47 Å². The molecule has 104 valence electrons. The Morgan fingerprint density at radius 3 is 2.63 bits per heavy atom. The second-order valence-electron chi connectivity index (χ2n) is 6.04. The van der Waals surface area contributed by atoms with E-state index < -0.39 is 0 Å². The van der Waals surface area contributed by atoms with E-state index >= 15 is 0 Å². The smallest absolute Gasteiger partial charge is 0.169 e. The van der Waals surface area contributed by atoms with Crippen LogP contribution in [-0.4, -0.2) is 12.2 Å². The number of hydrogen-bond donors (Lipinski definition) is 0. The molecule has 0 atom stereocenters. The molecule has 0 bridgehead atoms. The van der Waals surface area contributed by atoms with E-state index in [0.717, 1.165) is 17.9 Å². The maximum Gasteiger partial charge on any atom is 0.169 e. The Hall–Kier alpha value is -1.44. The molecular weight excluding hydrogens is 236 g/mol. The van der Waals surface area contributed by atoms with Gasteiger partial charge in [0.15, 0.2) is 11.5 Å². The molecule has 2 heteroatoms. The average molecular weight is 260 g/mol. The quantitative estimate of drug-likeness (QED) is 0.782. The van der Waals surface area contributed by atoms with Gasteiger partial charge in [0.05, 0.1) is 6.61 Å². The molecule has 0 fully saturated rings. The highest BCUT2D eigenvalue weighted by atomic mass is 16.5. The second kappa shape index (κ2) is 5.28. The molecule has 0 unspecified atom stereocenters. The van der Waals surface area contributed by atoms with Gasteiger partial charge in [-0.05, 0) is 50.8 Å². The van der Waals surface area contributed by atoms with E-state index in [2.05, 4.69) is 39.8 Å². The van der Waals surface area contributed by atoms with Crippen LogP contribution in [0.3, 0.4) is 0 Å². The monoisotopic (exact) mass is 260 g/mol. The molecule has 0 spiro atoms. The summed E-state index contributed by atoms with van der Waals surface area (Å²) in [5.74, 6) is 2.37. The number of allylic oxidation sites excluding steroid dienone is 1. The fraction of sp³-hybridized carbons (Fsp3) is 0.529. The van der Waals surface area contributed by atoms with Gasteiger partial charge in [0.1, 0.15) is 5.60 Å². The van der Waals surface area contributed by atoms with Crippen molar-refractivity contribution in [3.05, 3.63) is 29.8 Å². The molecule has 0 radical (unpaired) electrons. The van der Waals surface area contributed by atoms with E-state index in [1.54, 1.807) is 0 Å². The van der Waals surface area contributed by atoms with Crippen molar-refractivity contribution in [2.24, 2.45) is 5.92 Å². The van der Waals surface area contributed by atoms with Gasteiger partial charge in [-0.2, -0.15) is 0 Å². The Morgan fingerprint density at radius 2 is 2.00 bits per heavy atom. The van der Waals surface area contributed by atoms with Gasteiger partial charge in [0.2, 0.25) is 0 Å². The van der Waals surface area contributed by atoms with Crippen LogP contribution in [0.2, 0.25) is 0 Å². The van der Waals surface area contributed by atoms with Crippen molar-refractivity contribution >= 4 is 5.57 Å². The first-order chi connectivity index (χ1) is 8.93. The molecule has 1 aliphatic rings. The average Bonchev–Trinajstić information content (AvgIpc) is 2.28. The molecule has 0 saturated heterocycles. The molecule has 0 saturated carbocycles.